The number of rotatable bonds is 4. The van der Waals surface area contributed by atoms with Crippen LogP contribution < -0.4 is 16.3 Å². The van der Waals surface area contributed by atoms with Crippen molar-refractivity contribution in [2.75, 3.05) is 5.01 Å². The van der Waals surface area contributed by atoms with Crippen LogP contribution in [0.4, 0.5) is 5.95 Å². The fourth-order valence-corrected chi connectivity index (χ4v) is 3.73. The predicted octanol–water partition coefficient (Wildman–Crippen LogP) is 2.35. The summed E-state index contributed by atoms with van der Waals surface area (Å²) in [5.74, 6) is 0.560. The average Bonchev–Trinajstić information content (AvgIpc) is 3.10. The lowest BCUT2D eigenvalue weighted by molar-refractivity contribution is 0.628. The summed E-state index contributed by atoms with van der Waals surface area (Å²) in [6, 6.07) is 7.95. The van der Waals surface area contributed by atoms with Gasteiger partial charge in [0.25, 0.3) is 5.56 Å². The summed E-state index contributed by atoms with van der Waals surface area (Å²) in [5, 5.41) is 6.54. The minimum atomic E-state index is -0.409. The van der Waals surface area contributed by atoms with Crippen LogP contribution in [-0.4, -0.2) is 24.4 Å². The van der Waals surface area contributed by atoms with Crippen molar-refractivity contribution in [1.82, 2.24) is 18.7 Å². The maximum Gasteiger partial charge on any atom is 0.332 e. The number of benzene rings is 1. The van der Waals surface area contributed by atoms with Crippen molar-refractivity contribution >= 4 is 22.8 Å². The van der Waals surface area contributed by atoms with E-state index in [4.69, 9.17) is 5.10 Å². The summed E-state index contributed by atoms with van der Waals surface area (Å²) in [5.41, 5.74) is 3.14. The predicted molar refractivity (Wildman–Crippen MR) is 115 cm³/mol. The molecule has 1 aliphatic heterocycles. The molecule has 29 heavy (non-hydrogen) atoms. The van der Waals surface area contributed by atoms with E-state index in [-0.39, 0.29) is 18.1 Å². The van der Waals surface area contributed by atoms with Crippen LogP contribution in [0, 0.1) is 6.92 Å². The Hall–Kier alpha value is -3.42. The Morgan fingerprint density at radius 3 is 2.62 bits per heavy atom. The zero-order valence-electron chi connectivity index (χ0n) is 17.1. The number of allylic oxidation sites excluding steroid dienone is 1. The van der Waals surface area contributed by atoms with E-state index in [1.807, 2.05) is 30.5 Å². The summed E-state index contributed by atoms with van der Waals surface area (Å²) in [6.07, 6.45) is 1.54. The molecule has 1 aromatic carbocycles. The van der Waals surface area contributed by atoms with Gasteiger partial charge in [-0.25, -0.2) is 9.80 Å². The molecule has 1 unspecified atom stereocenters. The molecule has 0 saturated carbocycles. The number of imidazole rings is 1. The number of hydrazone groups is 1. The van der Waals surface area contributed by atoms with E-state index >= 15 is 0 Å². The minimum Gasteiger partial charge on any atom is -0.294 e. The third-order valence-electron chi connectivity index (χ3n) is 5.55. The fourth-order valence-electron chi connectivity index (χ4n) is 3.73. The van der Waals surface area contributed by atoms with Gasteiger partial charge in [0.05, 0.1) is 18.3 Å². The first-order valence-electron chi connectivity index (χ1n) is 9.55. The molecule has 3 aromatic rings. The number of anilines is 1. The molecule has 3 heterocycles. The van der Waals surface area contributed by atoms with Gasteiger partial charge in [0.2, 0.25) is 5.95 Å². The smallest absolute Gasteiger partial charge is 0.294 e. The van der Waals surface area contributed by atoms with Gasteiger partial charge in [-0.1, -0.05) is 30.3 Å². The monoisotopic (exact) mass is 392 g/mol. The fraction of sp³-hybridized carbons (Fsp3) is 0.333. The Kier molecular flexibility index (Phi) is 4.49. The highest BCUT2D eigenvalue weighted by molar-refractivity contribution is 5.91. The Labute approximate surface area is 168 Å². The van der Waals surface area contributed by atoms with Gasteiger partial charge in [-0.05, 0) is 31.9 Å². The van der Waals surface area contributed by atoms with Crippen LogP contribution >= 0.6 is 0 Å². The minimum absolute atomic E-state index is 0.148. The Morgan fingerprint density at radius 1 is 1.21 bits per heavy atom. The molecule has 4 rings (SSSR count). The highest BCUT2D eigenvalue weighted by atomic mass is 16.2. The molecule has 0 aliphatic carbocycles. The third-order valence-corrected chi connectivity index (χ3v) is 5.55. The summed E-state index contributed by atoms with van der Waals surface area (Å²) < 4.78 is 4.49. The number of fused-ring (bicyclic) bond motifs is 3. The standard InChI is InChI=1S/C21H24N6O2/c1-6-11-25-19(28)17-18(24(5)21(25)29)22-20-26(23-14(3)15(4)27(17)20)12-16-10-8-7-9-13(16)2/h6-10,15H,1,11-12H2,2-5H3. The normalized spacial score (nSPS) is 16.1. The van der Waals surface area contributed by atoms with Gasteiger partial charge in [0.1, 0.15) is 0 Å². The Morgan fingerprint density at radius 2 is 1.93 bits per heavy atom. The lowest BCUT2D eigenvalue weighted by Gasteiger charge is -2.29. The van der Waals surface area contributed by atoms with E-state index in [9.17, 15) is 9.59 Å². The molecule has 0 bridgehead atoms. The number of aryl methyl sites for hydroxylation is 2. The quantitative estimate of drug-likeness (QED) is 0.639. The second-order valence-electron chi connectivity index (χ2n) is 7.40. The first-order valence-corrected chi connectivity index (χ1v) is 9.55. The van der Waals surface area contributed by atoms with E-state index < -0.39 is 5.69 Å². The van der Waals surface area contributed by atoms with E-state index in [0.29, 0.717) is 23.7 Å². The summed E-state index contributed by atoms with van der Waals surface area (Å²) in [6.45, 7) is 10.3. The Bertz CT molecular complexity index is 1280. The molecule has 0 amide bonds. The highest BCUT2D eigenvalue weighted by Crippen LogP contribution is 2.31. The average molecular weight is 392 g/mol. The topological polar surface area (TPSA) is 77.4 Å². The molecule has 0 radical (unpaired) electrons. The molecule has 2 aromatic heterocycles. The molecular formula is C21H24N6O2. The zero-order chi connectivity index (χ0) is 20.9. The van der Waals surface area contributed by atoms with Crippen molar-refractivity contribution in [3.8, 4) is 0 Å². The van der Waals surface area contributed by atoms with Crippen LogP contribution in [0.2, 0.25) is 0 Å². The molecule has 0 fully saturated rings. The van der Waals surface area contributed by atoms with Crippen molar-refractivity contribution < 1.29 is 0 Å². The van der Waals surface area contributed by atoms with Crippen LogP contribution in [0.3, 0.4) is 0 Å². The van der Waals surface area contributed by atoms with E-state index in [0.717, 1.165) is 16.8 Å². The molecule has 8 heteroatoms. The molecule has 1 aliphatic rings. The first-order chi connectivity index (χ1) is 13.8. The van der Waals surface area contributed by atoms with E-state index in [2.05, 4.69) is 30.6 Å². The molecule has 8 nitrogen and oxygen atoms in total. The van der Waals surface area contributed by atoms with Crippen molar-refractivity contribution in [2.24, 2.45) is 12.1 Å². The summed E-state index contributed by atoms with van der Waals surface area (Å²) in [4.78, 5) is 30.5. The van der Waals surface area contributed by atoms with Crippen LogP contribution in [0.15, 0.2) is 51.6 Å². The number of aromatic nitrogens is 4. The van der Waals surface area contributed by atoms with Gasteiger partial charge in [-0.2, -0.15) is 10.1 Å². The van der Waals surface area contributed by atoms with Gasteiger partial charge >= 0.3 is 5.69 Å². The van der Waals surface area contributed by atoms with Crippen LogP contribution in [0.25, 0.3) is 11.2 Å². The molecule has 1 atom stereocenters. The van der Waals surface area contributed by atoms with E-state index in [1.165, 1.54) is 9.13 Å². The SMILES string of the molecule is C=CCn1c(=O)c2c(nc3n2C(C)C(C)=NN3Cc2ccccc2C)n(C)c1=O. The Balaban J connectivity index is 1.98. The van der Waals surface area contributed by atoms with Crippen LogP contribution in [0.5, 0.6) is 0 Å². The maximum absolute atomic E-state index is 13.2. The molecule has 150 valence electrons. The van der Waals surface area contributed by atoms with Crippen molar-refractivity contribution in [2.45, 2.75) is 39.9 Å². The van der Waals surface area contributed by atoms with Gasteiger partial charge in [-0.15, -0.1) is 6.58 Å². The largest absolute Gasteiger partial charge is 0.332 e. The second kappa shape index (κ2) is 6.88. The van der Waals surface area contributed by atoms with Gasteiger partial charge in [0.15, 0.2) is 11.2 Å². The number of hydrogen-bond acceptors (Lipinski definition) is 5. The zero-order valence-corrected chi connectivity index (χ0v) is 17.1. The summed E-state index contributed by atoms with van der Waals surface area (Å²) in [7, 11) is 1.63. The van der Waals surface area contributed by atoms with Crippen molar-refractivity contribution in [3.63, 3.8) is 0 Å². The van der Waals surface area contributed by atoms with Gasteiger partial charge in [-0.3, -0.25) is 18.5 Å². The second-order valence-corrected chi connectivity index (χ2v) is 7.40. The van der Waals surface area contributed by atoms with Crippen LogP contribution in [-0.2, 0) is 20.1 Å². The third kappa shape index (κ3) is 2.83. The van der Waals surface area contributed by atoms with Gasteiger partial charge in [0, 0.05) is 13.6 Å². The first kappa shape index (κ1) is 18.9. The van der Waals surface area contributed by atoms with E-state index in [1.54, 1.807) is 18.1 Å². The van der Waals surface area contributed by atoms with Crippen molar-refractivity contribution in [1.29, 1.82) is 0 Å². The van der Waals surface area contributed by atoms with Crippen molar-refractivity contribution in [3.05, 3.63) is 68.9 Å². The highest BCUT2D eigenvalue weighted by Gasteiger charge is 2.30. The summed E-state index contributed by atoms with van der Waals surface area (Å²) >= 11 is 0. The lowest BCUT2D eigenvalue weighted by atomic mass is 10.1. The number of nitrogens with zero attached hydrogens (tertiary/aromatic N) is 6. The maximum atomic E-state index is 13.2. The lowest BCUT2D eigenvalue weighted by Crippen LogP contribution is -2.40. The number of hydrogen-bond donors (Lipinski definition) is 0. The van der Waals surface area contributed by atoms with Gasteiger partial charge < -0.3 is 0 Å². The molecule has 0 N–H and O–H groups in total. The van der Waals surface area contributed by atoms with Crippen LogP contribution in [0.1, 0.15) is 31.0 Å². The molecule has 0 saturated heterocycles. The molecule has 0 spiro atoms. The molecular weight excluding hydrogens is 368 g/mol.